The quantitative estimate of drug-likeness (QED) is 0.884. The Morgan fingerprint density at radius 2 is 2.15 bits per heavy atom. The van der Waals surface area contributed by atoms with Gasteiger partial charge in [0.05, 0.1) is 0 Å². The van der Waals surface area contributed by atoms with E-state index in [1.54, 1.807) is 11.8 Å². The molecule has 0 saturated carbocycles. The number of aromatic amines is 1. The molecule has 6 nitrogen and oxygen atoms in total. The summed E-state index contributed by atoms with van der Waals surface area (Å²) in [6, 6.07) is 1.17. The van der Waals surface area contributed by atoms with Gasteiger partial charge in [-0.2, -0.15) is 16.1 Å². The summed E-state index contributed by atoms with van der Waals surface area (Å²) in [6.07, 6.45) is 2.01. The Bertz CT molecular complexity index is 607. The molecule has 0 bridgehead atoms. The van der Waals surface area contributed by atoms with Crippen molar-refractivity contribution >= 4 is 27.8 Å². The lowest BCUT2D eigenvalue weighted by Crippen LogP contribution is -2.33. The summed E-state index contributed by atoms with van der Waals surface area (Å²) in [4.78, 5) is 13.3. The predicted molar refractivity (Wildman–Crippen MR) is 77.7 cm³/mol. The highest BCUT2D eigenvalue weighted by molar-refractivity contribution is 8.00. The average Bonchev–Trinajstić information content (AvgIpc) is 2.76. The van der Waals surface area contributed by atoms with Crippen molar-refractivity contribution in [3.8, 4) is 0 Å². The molecule has 0 unspecified atom stereocenters. The van der Waals surface area contributed by atoms with Crippen LogP contribution < -0.4 is 0 Å². The molecule has 0 spiro atoms. The number of nitrogens with zero attached hydrogens (tertiary/aromatic N) is 1. The summed E-state index contributed by atoms with van der Waals surface area (Å²) in [6.45, 7) is 5.11. The fourth-order valence-corrected chi connectivity index (χ4v) is 4.69. The minimum Gasteiger partial charge on any atom is -0.477 e. The van der Waals surface area contributed by atoms with Gasteiger partial charge in [-0.3, -0.25) is 0 Å². The molecule has 112 valence electrons. The Labute approximate surface area is 122 Å². The van der Waals surface area contributed by atoms with E-state index in [2.05, 4.69) is 18.8 Å². The monoisotopic (exact) mass is 318 g/mol. The molecular formula is C12H18N2O4S2. The second-order valence-corrected chi connectivity index (χ2v) is 9.06. The first kappa shape index (κ1) is 15.4. The zero-order chi connectivity index (χ0) is 15.0. The van der Waals surface area contributed by atoms with Crippen molar-refractivity contribution in [1.82, 2.24) is 9.29 Å². The normalized spacial score (nSPS) is 20.5. The maximum Gasteiger partial charge on any atom is 0.352 e. The first-order valence-electron chi connectivity index (χ1n) is 6.28. The number of hydrogen-bond donors (Lipinski definition) is 2. The van der Waals surface area contributed by atoms with Gasteiger partial charge < -0.3 is 10.1 Å². The SMILES string of the molecule is CC1(C)CCN(S(=O)(=O)c2c[nH]c(C(=O)O)c2)CCS1. The molecule has 1 aromatic heterocycles. The van der Waals surface area contributed by atoms with Crippen LogP contribution in [0.2, 0.25) is 0 Å². The molecule has 1 aromatic rings. The molecular weight excluding hydrogens is 300 g/mol. The van der Waals surface area contributed by atoms with Crippen LogP contribution in [0.3, 0.4) is 0 Å². The molecule has 2 N–H and O–H groups in total. The van der Waals surface area contributed by atoms with Crippen molar-refractivity contribution in [2.45, 2.75) is 29.9 Å². The number of rotatable bonds is 3. The van der Waals surface area contributed by atoms with Gasteiger partial charge in [0, 0.05) is 29.8 Å². The van der Waals surface area contributed by atoms with Crippen molar-refractivity contribution in [3.63, 3.8) is 0 Å². The number of hydrogen-bond acceptors (Lipinski definition) is 4. The fourth-order valence-electron chi connectivity index (χ4n) is 2.04. The van der Waals surface area contributed by atoms with E-state index < -0.39 is 16.0 Å². The average molecular weight is 318 g/mol. The lowest BCUT2D eigenvalue weighted by atomic mass is 10.1. The van der Waals surface area contributed by atoms with E-state index in [-0.39, 0.29) is 15.3 Å². The van der Waals surface area contributed by atoms with E-state index in [1.165, 1.54) is 16.6 Å². The topological polar surface area (TPSA) is 90.5 Å². The third-order valence-electron chi connectivity index (χ3n) is 3.32. The van der Waals surface area contributed by atoms with Gasteiger partial charge in [0.2, 0.25) is 10.0 Å². The van der Waals surface area contributed by atoms with Crippen LogP contribution >= 0.6 is 11.8 Å². The summed E-state index contributed by atoms with van der Waals surface area (Å²) >= 11 is 1.76. The second kappa shape index (κ2) is 5.42. The van der Waals surface area contributed by atoms with E-state index in [1.807, 2.05) is 0 Å². The number of aromatic nitrogens is 1. The van der Waals surface area contributed by atoms with Crippen LogP contribution in [0.5, 0.6) is 0 Å². The van der Waals surface area contributed by atoms with Gasteiger partial charge in [0.25, 0.3) is 0 Å². The lowest BCUT2D eigenvalue weighted by Gasteiger charge is -2.22. The molecule has 0 radical (unpaired) electrons. The molecule has 8 heteroatoms. The maximum absolute atomic E-state index is 12.5. The Morgan fingerprint density at radius 1 is 1.45 bits per heavy atom. The standard InChI is InChI=1S/C12H18N2O4S2/c1-12(2)3-4-14(5-6-19-12)20(17,18)9-7-10(11(15)16)13-8-9/h7-8,13H,3-6H2,1-2H3,(H,15,16). The molecule has 2 rings (SSSR count). The molecule has 1 aliphatic rings. The molecule has 1 fully saturated rings. The second-order valence-electron chi connectivity index (χ2n) is 5.32. The van der Waals surface area contributed by atoms with Crippen LogP contribution in [-0.2, 0) is 10.0 Å². The van der Waals surface area contributed by atoms with Gasteiger partial charge in [0.15, 0.2) is 0 Å². The molecule has 2 heterocycles. The molecule has 20 heavy (non-hydrogen) atoms. The molecule has 0 amide bonds. The van der Waals surface area contributed by atoms with Crippen LogP contribution in [0.15, 0.2) is 17.2 Å². The summed E-state index contributed by atoms with van der Waals surface area (Å²) in [7, 11) is -3.62. The molecule has 0 atom stereocenters. The van der Waals surface area contributed by atoms with Gasteiger partial charge in [-0.05, 0) is 12.5 Å². The number of carboxylic acid groups (broad SMARTS) is 1. The highest BCUT2D eigenvalue weighted by Gasteiger charge is 2.31. The van der Waals surface area contributed by atoms with Crippen molar-refractivity contribution in [2.24, 2.45) is 0 Å². The summed E-state index contributed by atoms with van der Waals surface area (Å²) < 4.78 is 26.5. The van der Waals surface area contributed by atoms with Crippen LogP contribution in [0.4, 0.5) is 0 Å². The molecule has 0 aromatic carbocycles. The van der Waals surface area contributed by atoms with E-state index in [0.717, 1.165) is 12.2 Å². The Morgan fingerprint density at radius 3 is 2.75 bits per heavy atom. The zero-order valence-electron chi connectivity index (χ0n) is 11.4. The highest BCUT2D eigenvalue weighted by Crippen LogP contribution is 2.32. The molecule has 1 aliphatic heterocycles. The van der Waals surface area contributed by atoms with Crippen molar-refractivity contribution in [2.75, 3.05) is 18.8 Å². The van der Waals surface area contributed by atoms with E-state index in [9.17, 15) is 13.2 Å². The van der Waals surface area contributed by atoms with Gasteiger partial charge in [-0.15, -0.1) is 0 Å². The first-order valence-corrected chi connectivity index (χ1v) is 8.71. The number of nitrogens with one attached hydrogen (secondary N) is 1. The number of carbonyl (C=O) groups is 1. The van der Waals surface area contributed by atoms with Crippen LogP contribution in [0, 0.1) is 0 Å². The predicted octanol–water partition coefficient (Wildman–Crippen LogP) is 1.62. The smallest absolute Gasteiger partial charge is 0.352 e. The first-order chi connectivity index (χ1) is 9.22. The highest BCUT2D eigenvalue weighted by atomic mass is 32.2. The third kappa shape index (κ3) is 3.18. The Hall–Kier alpha value is -0.990. The zero-order valence-corrected chi connectivity index (χ0v) is 13.1. The summed E-state index contributed by atoms with van der Waals surface area (Å²) in [5, 5.41) is 8.84. The third-order valence-corrected chi connectivity index (χ3v) is 6.57. The maximum atomic E-state index is 12.5. The molecule has 0 aliphatic carbocycles. The summed E-state index contributed by atoms with van der Waals surface area (Å²) in [5.74, 6) is -0.429. The fraction of sp³-hybridized carbons (Fsp3) is 0.583. The Kier molecular flexibility index (Phi) is 4.17. The Balaban J connectivity index is 2.23. The van der Waals surface area contributed by atoms with Gasteiger partial charge in [-0.25, -0.2) is 13.2 Å². The largest absolute Gasteiger partial charge is 0.477 e. The minimum absolute atomic E-state index is 0.0135. The number of carboxylic acids is 1. The van der Waals surface area contributed by atoms with E-state index in [0.29, 0.717) is 13.1 Å². The number of aromatic carboxylic acids is 1. The van der Waals surface area contributed by atoms with Crippen LogP contribution in [-0.4, -0.2) is 52.4 Å². The molecule has 1 saturated heterocycles. The summed E-state index contributed by atoms with van der Waals surface area (Å²) in [5.41, 5.74) is -0.117. The number of thioether (sulfide) groups is 1. The van der Waals surface area contributed by atoms with E-state index >= 15 is 0 Å². The van der Waals surface area contributed by atoms with Gasteiger partial charge in [0.1, 0.15) is 10.6 Å². The van der Waals surface area contributed by atoms with Crippen LogP contribution in [0.25, 0.3) is 0 Å². The van der Waals surface area contributed by atoms with Crippen molar-refractivity contribution in [1.29, 1.82) is 0 Å². The minimum atomic E-state index is -3.62. The van der Waals surface area contributed by atoms with Crippen molar-refractivity contribution < 1.29 is 18.3 Å². The van der Waals surface area contributed by atoms with Crippen molar-refractivity contribution in [3.05, 3.63) is 18.0 Å². The number of H-pyrrole nitrogens is 1. The number of sulfonamides is 1. The lowest BCUT2D eigenvalue weighted by molar-refractivity contribution is 0.0691. The van der Waals surface area contributed by atoms with Gasteiger partial charge in [-0.1, -0.05) is 13.8 Å². The van der Waals surface area contributed by atoms with Gasteiger partial charge >= 0.3 is 5.97 Å². The van der Waals surface area contributed by atoms with E-state index in [4.69, 9.17) is 5.11 Å². The van der Waals surface area contributed by atoms with Crippen LogP contribution in [0.1, 0.15) is 30.8 Å².